The summed E-state index contributed by atoms with van der Waals surface area (Å²) >= 11 is 1.73. The Balaban J connectivity index is 1.83. The summed E-state index contributed by atoms with van der Waals surface area (Å²) in [5.41, 5.74) is 2.02. The van der Waals surface area contributed by atoms with Crippen molar-refractivity contribution in [2.24, 2.45) is 0 Å². The van der Waals surface area contributed by atoms with Crippen molar-refractivity contribution >= 4 is 23.4 Å². The lowest BCUT2D eigenvalue weighted by Crippen LogP contribution is -3.08. The number of ether oxygens (including phenoxy) is 1. The number of hydrogen-bond acceptors (Lipinski definition) is 3. The Morgan fingerprint density at radius 3 is 2.35 bits per heavy atom. The Hall–Kier alpha value is -1.98. The van der Waals surface area contributed by atoms with Crippen LogP contribution in [0.4, 0.5) is 5.69 Å². The number of nitrogens with one attached hydrogen (secondary N) is 2. The molecule has 2 N–H and O–H groups in total. The molecule has 0 spiro atoms. The summed E-state index contributed by atoms with van der Waals surface area (Å²) in [5.74, 6) is 0.785. The maximum Gasteiger partial charge on any atom is 0.279 e. The molecule has 23 heavy (non-hydrogen) atoms. The van der Waals surface area contributed by atoms with Gasteiger partial charge in [-0.05, 0) is 42.7 Å². The summed E-state index contributed by atoms with van der Waals surface area (Å²) in [4.78, 5) is 14.5. The molecule has 2 aromatic rings. The molecule has 0 saturated carbocycles. The number of quaternary nitrogens is 1. The maximum absolute atomic E-state index is 12.1. The van der Waals surface area contributed by atoms with Crippen molar-refractivity contribution in [3.05, 3.63) is 54.1 Å². The maximum atomic E-state index is 12.1. The van der Waals surface area contributed by atoms with Gasteiger partial charge in [-0.2, -0.15) is 0 Å². The number of likely N-dealkylation sites (N-methyl/N-ethyl adjacent to an activating group) is 1. The summed E-state index contributed by atoms with van der Waals surface area (Å²) < 4.78 is 5.10. The van der Waals surface area contributed by atoms with E-state index in [1.807, 2.05) is 31.3 Å². The van der Waals surface area contributed by atoms with Crippen molar-refractivity contribution in [2.45, 2.75) is 11.4 Å². The van der Waals surface area contributed by atoms with E-state index < -0.39 is 0 Å². The molecule has 0 radical (unpaired) electrons. The van der Waals surface area contributed by atoms with Crippen LogP contribution in [0.25, 0.3) is 0 Å². The van der Waals surface area contributed by atoms with Gasteiger partial charge in [0.25, 0.3) is 5.91 Å². The van der Waals surface area contributed by atoms with E-state index in [0.717, 1.165) is 22.9 Å². The molecule has 122 valence electrons. The highest BCUT2D eigenvalue weighted by Crippen LogP contribution is 2.15. The number of rotatable bonds is 7. The smallest absolute Gasteiger partial charge is 0.279 e. The van der Waals surface area contributed by atoms with Gasteiger partial charge in [-0.25, -0.2) is 0 Å². The Morgan fingerprint density at radius 1 is 1.13 bits per heavy atom. The third-order valence-electron chi connectivity index (χ3n) is 3.50. The highest BCUT2D eigenvalue weighted by Gasteiger charge is 2.11. The van der Waals surface area contributed by atoms with Gasteiger partial charge < -0.3 is 15.0 Å². The molecule has 1 unspecified atom stereocenters. The molecule has 0 aromatic heterocycles. The zero-order valence-electron chi connectivity index (χ0n) is 13.8. The fourth-order valence-electron chi connectivity index (χ4n) is 2.31. The Bertz CT molecular complexity index is 626. The van der Waals surface area contributed by atoms with E-state index in [-0.39, 0.29) is 5.91 Å². The highest BCUT2D eigenvalue weighted by molar-refractivity contribution is 7.98. The van der Waals surface area contributed by atoms with Crippen molar-refractivity contribution < 1.29 is 14.4 Å². The highest BCUT2D eigenvalue weighted by atomic mass is 32.2. The molecular formula is C18H23N2O2S+. The van der Waals surface area contributed by atoms with Gasteiger partial charge in [0.1, 0.15) is 12.3 Å². The fraction of sp³-hybridized carbons (Fsp3) is 0.278. The van der Waals surface area contributed by atoms with Gasteiger partial charge in [-0.1, -0.05) is 12.1 Å². The summed E-state index contributed by atoms with van der Waals surface area (Å²) in [6, 6.07) is 15.8. The van der Waals surface area contributed by atoms with E-state index >= 15 is 0 Å². The van der Waals surface area contributed by atoms with Gasteiger partial charge in [0, 0.05) is 16.1 Å². The van der Waals surface area contributed by atoms with Gasteiger partial charge in [-0.15, -0.1) is 11.8 Å². The van der Waals surface area contributed by atoms with Crippen LogP contribution in [-0.4, -0.2) is 32.9 Å². The first-order chi connectivity index (χ1) is 11.1. The predicted molar refractivity (Wildman–Crippen MR) is 95.3 cm³/mol. The Morgan fingerprint density at radius 2 is 1.78 bits per heavy atom. The zero-order chi connectivity index (χ0) is 16.7. The number of carbonyl (C=O) groups is 1. The summed E-state index contributed by atoms with van der Waals surface area (Å²) in [6.07, 6.45) is 2.07. The van der Waals surface area contributed by atoms with E-state index in [2.05, 4.69) is 35.8 Å². The lowest BCUT2D eigenvalue weighted by atomic mass is 10.2. The number of hydrogen-bond donors (Lipinski definition) is 2. The number of benzene rings is 2. The second-order valence-corrected chi connectivity index (χ2v) is 6.32. The normalized spacial score (nSPS) is 11.8. The molecule has 0 bridgehead atoms. The lowest BCUT2D eigenvalue weighted by molar-refractivity contribution is -0.885. The predicted octanol–water partition coefficient (Wildman–Crippen LogP) is 2.07. The van der Waals surface area contributed by atoms with Gasteiger partial charge in [-0.3, -0.25) is 4.79 Å². The average molecular weight is 331 g/mol. The molecule has 2 aromatic carbocycles. The van der Waals surface area contributed by atoms with Gasteiger partial charge in [0.2, 0.25) is 0 Å². The third kappa shape index (κ3) is 5.62. The van der Waals surface area contributed by atoms with E-state index in [4.69, 9.17) is 4.74 Å². The number of amides is 1. The lowest BCUT2D eigenvalue weighted by Gasteiger charge is -2.14. The number of methoxy groups -OCH3 is 1. The number of carbonyl (C=O) groups excluding carboxylic acids is 1. The van der Waals surface area contributed by atoms with Crippen LogP contribution in [0.5, 0.6) is 5.75 Å². The molecule has 0 aliphatic carbocycles. The van der Waals surface area contributed by atoms with Crippen LogP contribution < -0.4 is 15.0 Å². The molecular weight excluding hydrogens is 308 g/mol. The van der Waals surface area contributed by atoms with Gasteiger partial charge >= 0.3 is 0 Å². The molecule has 0 aliphatic heterocycles. The minimum absolute atomic E-state index is 0.00778. The van der Waals surface area contributed by atoms with E-state index in [1.54, 1.807) is 18.9 Å². The molecule has 5 heteroatoms. The first-order valence-corrected chi connectivity index (χ1v) is 8.71. The van der Waals surface area contributed by atoms with E-state index in [9.17, 15) is 4.79 Å². The number of anilines is 1. The quantitative estimate of drug-likeness (QED) is 0.764. The number of thioether (sulfide) groups is 1. The topological polar surface area (TPSA) is 42.8 Å². The minimum atomic E-state index is 0.00778. The van der Waals surface area contributed by atoms with Crippen molar-refractivity contribution in [3.63, 3.8) is 0 Å². The Kier molecular flexibility index (Phi) is 6.50. The molecule has 0 heterocycles. The van der Waals surface area contributed by atoms with Crippen LogP contribution in [0.15, 0.2) is 53.4 Å². The van der Waals surface area contributed by atoms with Crippen LogP contribution in [-0.2, 0) is 11.3 Å². The molecule has 2 rings (SSSR count). The molecule has 4 nitrogen and oxygen atoms in total. The summed E-state index contributed by atoms with van der Waals surface area (Å²) in [7, 11) is 3.65. The zero-order valence-corrected chi connectivity index (χ0v) is 14.6. The summed E-state index contributed by atoms with van der Waals surface area (Å²) in [5, 5.41) is 2.91. The molecule has 0 aliphatic rings. The van der Waals surface area contributed by atoms with Crippen molar-refractivity contribution in [2.75, 3.05) is 32.3 Å². The Labute approximate surface area is 141 Å². The van der Waals surface area contributed by atoms with Gasteiger partial charge in [0.15, 0.2) is 6.54 Å². The second-order valence-electron chi connectivity index (χ2n) is 5.44. The van der Waals surface area contributed by atoms with Crippen LogP contribution in [0.3, 0.4) is 0 Å². The molecule has 0 fully saturated rings. The first-order valence-electron chi connectivity index (χ1n) is 7.49. The third-order valence-corrected chi connectivity index (χ3v) is 4.24. The van der Waals surface area contributed by atoms with Gasteiger partial charge in [0.05, 0.1) is 14.2 Å². The molecule has 1 atom stereocenters. The van der Waals surface area contributed by atoms with Crippen LogP contribution in [0.2, 0.25) is 0 Å². The summed E-state index contributed by atoms with van der Waals surface area (Å²) in [6.45, 7) is 1.25. The van der Waals surface area contributed by atoms with Crippen molar-refractivity contribution in [1.29, 1.82) is 0 Å². The van der Waals surface area contributed by atoms with Crippen LogP contribution in [0, 0.1) is 0 Å². The molecule has 0 saturated heterocycles. The minimum Gasteiger partial charge on any atom is -0.497 e. The average Bonchev–Trinajstić information content (AvgIpc) is 2.56. The first kappa shape index (κ1) is 17.4. The van der Waals surface area contributed by atoms with Crippen LogP contribution >= 0.6 is 11.8 Å². The standard InChI is InChI=1S/C18H22N2O2S/c1-20(12-14-4-10-17(23-3)11-5-14)13-18(21)19-15-6-8-16(22-2)9-7-15/h4-11H,12-13H2,1-3H3,(H,19,21)/p+1. The molecule has 1 amide bonds. The van der Waals surface area contributed by atoms with Crippen LogP contribution in [0.1, 0.15) is 5.56 Å². The second kappa shape index (κ2) is 8.60. The van der Waals surface area contributed by atoms with E-state index in [1.165, 1.54) is 10.5 Å². The monoisotopic (exact) mass is 331 g/mol. The van der Waals surface area contributed by atoms with Crippen molar-refractivity contribution in [1.82, 2.24) is 0 Å². The van der Waals surface area contributed by atoms with Crippen molar-refractivity contribution in [3.8, 4) is 5.75 Å². The largest absolute Gasteiger partial charge is 0.497 e. The fourth-order valence-corrected chi connectivity index (χ4v) is 2.72. The van der Waals surface area contributed by atoms with E-state index in [0.29, 0.717) is 6.54 Å². The SMILES string of the molecule is COc1ccc(NC(=O)C[NH+](C)Cc2ccc(SC)cc2)cc1.